The van der Waals surface area contributed by atoms with E-state index in [9.17, 15) is 9.90 Å². The van der Waals surface area contributed by atoms with Crippen molar-refractivity contribution in [2.45, 2.75) is 66.3 Å². The Morgan fingerprint density at radius 1 is 1.03 bits per heavy atom. The second-order valence-electron chi connectivity index (χ2n) is 8.87. The van der Waals surface area contributed by atoms with Crippen molar-refractivity contribution >= 4 is 17.5 Å². The van der Waals surface area contributed by atoms with Gasteiger partial charge in [0, 0.05) is 30.8 Å². The van der Waals surface area contributed by atoms with E-state index in [0.717, 1.165) is 11.3 Å². The van der Waals surface area contributed by atoms with Crippen molar-refractivity contribution < 1.29 is 9.90 Å². The highest BCUT2D eigenvalue weighted by atomic mass is 16.4. The number of carboxylic acids is 1. The van der Waals surface area contributed by atoms with Crippen molar-refractivity contribution in [2.24, 2.45) is 0 Å². The Labute approximate surface area is 192 Å². The molecular weight excluding hydrogens is 398 g/mol. The molecule has 5 heteroatoms. The van der Waals surface area contributed by atoms with E-state index in [4.69, 9.17) is 0 Å². The Kier molecular flexibility index (Phi) is 8.53. The molecule has 0 atom stereocenters. The van der Waals surface area contributed by atoms with E-state index in [1.807, 2.05) is 26.0 Å². The second kappa shape index (κ2) is 10.9. The van der Waals surface area contributed by atoms with Crippen LogP contribution in [0.4, 0.5) is 11.5 Å². The van der Waals surface area contributed by atoms with Crippen LogP contribution in [-0.2, 0) is 12.0 Å². The monoisotopic (exact) mass is 433 g/mol. The first kappa shape index (κ1) is 25.1. The molecule has 0 saturated heterocycles. The molecule has 1 N–H and O–H groups in total. The Hall–Kier alpha value is -3.21. The summed E-state index contributed by atoms with van der Waals surface area (Å²) >= 11 is 0. The van der Waals surface area contributed by atoms with E-state index in [-0.39, 0.29) is 11.0 Å². The van der Waals surface area contributed by atoms with Crippen LogP contribution in [0.1, 0.15) is 81.4 Å². The van der Waals surface area contributed by atoms with Crippen molar-refractivity contribution in [3.8, 4) is 0 Å². The van der Waals surface area contributed by atoms with E-state index in [2.05, 4.69) is 67.7 Å². The lowest BCUT2D eigenvalue weighted by Crippen LogP contribution is -2.20. The van der Waals surface area contributed by atoms with Gasteiger partial charge in [-0.2, -0.15) is 0 Å². The lowest BCUT2D eigenvalue weighted by molar-refractivity contribution is 0.0696. The van der Waals surface area contributed by atoms with Crippen molar-refractivity contribution in [3.63, 3.8) is 0 Å². The maximum absolute atomic E-state index is 11.3. The highest BCUT2D eigenvalue weighted by Gasteiger charge is 2.20. The molecule has 170 valence electrons. The Morgan fingerprint density at radius 3 is 2.19 bits per heavy atom. The summed E-state index contributed by atoms with van der Waals surface area (Å²) in [6, 6.07) is 14.0. The normalized spacial score (nSPS) is 11.0. The lowest BCUT2D eigenvalue weighted by Gasteiger charge is -2.28. The fourth-order valence-corrected chi connectivity index (χ4v) is 3.20. The zero-order chi connectivity index (χ0) is 23.9. The third-order valence-electron chi connectivity index (χ3n) is 5.15. The van der Waals surface area contributed by atoms with Gasteiger partial charge in [0.05, 0.1) is 5.56 Å². The van der Waals surface area contributed by atoms with Crippen molar-refractivity contribution in [3.05, 3.63) is 83.3 Å². The minimum Gasteiger partial charge on any atom is -0.478 e. The maximum atomic E-state index is 11.3. The molecule has 5 nitrogen and oxygen atoms in total. The van der Waals surface area contributed by atoms with Crippen LogP contribution in [0, 0.1) is 0 Å². The molecule has 3 rings (SSSR count). The summed E-state index contributed by atoms with van der Waals surface area (Å²) in [5.74, 6) is 0.111. The highest BCUT2D eigenvalue weighted by molar-refractivity contribution is 5.87. The predicted molar refractivity (Wildman–Crippen MR) is 132 cm³/mol. The van der Waals surface area contributed by atoms with E-state index < -0.39 is 5.97 Å². The number of carbonyl (C=O) groups is 1. The molecule has 0 amide bonds. The molecule has 0 radical (unpaired) electrons. The Morgan fingerprint density at radius 2 is 1.69 bits per heavy atom. The first-order chi connectivity index (χ1) is 15.1. The van der Waals surface area contributed by atoms with Gasteiger partial charge in [-0.1, -0.05) is 54.5 Å². The van der Waals surface area contributed by atoms with Crippen LogP contribution in [0.2, 0.25) is 0 Å². The summed E-state index contributed by atoms with van der Waals surface area (Å²) < 4.78 is 0. The number of hydrogen-bond donors (Lipinski definition) is 1. The molecule has 2 heterocycles. The van der Waals surface area contributed by atoms with Crippen LogP contribution in [0.3, 0.4) is 0 Å². The smallest absolute Gasteiger partial charge is 0.337 e. The molecule has 3 aromatic rings. The number of carboxylic acid groups (broad SMARTS) is 1. The number of hydrogen-bond acceptors (Lipinski definition) is 4. The molecule has 0 aliphatic carbocycles. The molecule has 1 aromatic carbocycles. The summed E-state index contributed by atoms with van der Waals surface area (Å²) in [6.45, 7) is 15.6. The van der Waals surface area contributed by atoms with E-state index in [1.54, 1.807) is 24.5 Å². The van der Waals surface area contributed by atoms with Crippen molar-refractivity contribution in [2.75, 3.05) is 4.90 Å². The molecule has 0 unspecified atom stereocenters. The fraction of sp³-hybridized carbons (Fsp3) is 0.370. The quantitative estimate of drug-likeness (QED) is 0.455. The van der Waals surface area contributed by atoms with Gasteiger partial charge in [0.15, 0.2) is 0 Å². The maximum Gasteiger partial charge on any atom is 0.337 e. The first-order valence-electron chi connectivity index (χ1n) is 11.2. The average molecular weight is 434 g/mol. The summed E-state index contributed by atoms with van der Waals surface area (Å²) in [4.78, 5) is 22.0. The molecular formula is C27H35N3O2. The predicted octanol–water partition coefficient (Wildman–Crippen LogP) is 6.96. The van der Waals surface area contributed by atoms with E-state index in [0.29, 0.717) is 18.3 Å². The van der Waals surface area contributed by atoms with Crippen molar-refractivity contribution in [1.82, 2.24) is 9.97 Å². The number of rotatable bonds is 6. The van der Waals surface area contributed by atoms with Gasteiger partial charge in [-0.05, 0) is 64.4 Å². The number of aromatic nitrogens is 2. The van der Waals surface area contributed by atoms with Gasteiger partial charge in [0.2, 0.25) is 0 Å². The van der Waals surface area contributed by atoms with Gasteiger partial charge >= 0.3 is 5.97 Å². The van der Waals surface area contributed by atoms with Crippen LogP contribution in [0.5, 0.6) is 0 Å². The standard InChI is InChI=1S/C25H29N3O2.C2H6/c1-17(2)20-12-21(25(3,4)5)14-22(13-20)28(16-18-8-10-26-11-9-18)23-7-6-19(15-27-23)24(29)30;1-2/h6-15,17H,16H2,1-5H3,(H,29,30);1-2H3. The van der Waals surface area contributed by atoms with Crippen LogP contribution in [0.15, 0.2) is 61.1 Å². The number of benzene rings is 1. The third kappa shape index (κ3) is 6.39. The average Bonchev–Trinajstić information content (AvgIpc) is 2.78. The summed E-state index contributed by atoms with van der Waals surface area (Å²) in [5, 5.41) is 9.23. The van der Waals surface area contributed by atoms with Gasteiger partial charge in [-0.3, -0.25) is 4.98 Å². The molecule has 0 fully saturated rings. The molecule has 0 saturated carbocycles. The molecule has 2 aromatic heterocycles. The summed E-state index contributed by atoms with van der Waals surface area (Å²) in [6.07, 6.45) is 4.97. The SMILES string of the molecule is CC.CC(C)c1cc(N(Cc2ccncc2)c2ccc(C(=O)O)cn2)cc(C(C)(C)C)c1. The van der Waals surface area contributed by atoms with E-state index >= 15 is 0 Å². The Bertz CT molecular complexity index is 1010. The second-order valence-corrected chi connectivity index (χ2v) is 8.87. The number of aromatic carboxylic acids is 1. The van der Waals surface area contributed by atoms with Gasteiger partial charge in [-0.25, -0.2) is 9.78 Å². The van der Waals surface area contributed by atoms with Gasteiger partial charge in [0.25, 0.3) is 0 Å². The van der Waals surface area contributed by atoms with Crippen LogP contribution in [-0.4, -0.2) is 21.0 Å². The highest BCUT2D eigenvalue weighted by Crippen LogP contribution is 2.34. The number of nitrogens with zero attached hydrogens (tertiary/aromatic N) is 3. The van der Waals surface area contributed by atoms with Crippen LogP contribution < -0.4 is 4.90 Å². The summed E-state index contributed by atoms with van der Waals surface area (Å²) in [5.41, 5.74) is 4.83. The van der Waals surface area contributed by atoms with Crippen molar-refractivity contribution in [1.29, 1.82) is 0 Å². The van der Waals surface area contributed by atoms with Gasteiger partial charge in [0.1, 0.15) is 5.82 Å². The molecule has 32 heavy (non-hydrogen) atoms. The van der Waals surface area contributed by atoms with Crippen LogP contribution >= 0.6 is 0 Å². The number of pyridine rings is 2. The molecule has 0 spiro atoms. The van der Waals surface area contributed by atoms with Gasteiger partial charge < -0.3 is 10.0 Å². The van der Waals surface area contributed by atoms with Crippen LogP contribution in [0.25, 0.3) is 0 Å². The fourth-order valence-electron chi connectivity index (χ4n) is 3.20. The Balaban J connectivity index is 0.00000176. The molecule has 0 bridgehead atoms. The number of anilines is 2. The molecule has 0 aliphatic rings. The zero-order valence-electron chi connectivity index (χ0n) is 20.3. The minimum absolute atomic E-state index is 0.00256. The van der Waals surface area contributed by atoms with E-state index in [1.165, 1.54) is 17.3 Å². The first-order valence-corrected chi connectivity index (χ1v) is 11.2. The van der Waals surface area contributed by atoms with Gasteiger partial charge in [-0.15, -0.1) is 0 Å². The summed E-state index contributed by atoms with van der Waals surface area (Å²) in [7, 11) is 0. The topological polar surface area (TPSA) is 66.3 Å². The lowest BCUT2D eigenvalue weighted by atomic mass is 9.84. The largest absolute Gasteiger partial charge is 0.478 e. The zero-order valence-corrected chi connectivity index (χ0v) is 20.3. The minimum atomic E-state index is -0.980. The third-order valence-corrected chi connectivity index (χ3v) is 5.15. The molecule has 0 aliphatic heterocycles.